The Labute approximate surface area is 123 Å². The molecule has 0 heterocycles. The van der Waals surface area contributed by atoms with Crippen molar-refractivity contribution in [1.29, 1.82) is 0 Å². The van der Waals surface area contributed by atoms with E-state index < -0.39 is 5.82 Å². The molecule has 20 heavy (non-hydrogen) atoms. The summed E-state index contributed by atoms with van der Waals surface area (Å²) in [7, 11) is 0. The molecule has 0 unspecified atom stereocenters. The van der Waals surface area contributed by atoms with Crippen LogP contribution in [0.3, 0.4) is 0 Å². The Kier molecular flexibility index (Phi) is 4.57. The molecule has 6 heteroatoms. The average Bonchev–Trinajstić information content (AvgIpc) is 2.42. The number of benzene rings is 2. The zero-order valence-electron chi connectivity index (χ0n) is 10.4. The third kappa shape index (κ3) is 3.71. The minimum Gasteiger partial charge on any atom is -0.482 e. The van der Waals surface area contributed by atoms with E-state index in [0.29, 0.717) is 17.1 Å². The predicted molar refractivity (Wildman–Crippen MR) is 79.1 cm³/mol. The minimum absolute atomic E-state index is 0.177. The highest BCUT2D eigenvalue weighted by molar-refractivity contribution is 9.10. The van der Waals surface area contributed by atoms with E-state index in [-0.39, 0.29) is 17.0 Å². The molecule has 0 fully saturated rings. The fourth-order valence-electron chi connectivity index (χ4n) is 1.53. The van der Waals surface area contributed by atoms with Gasteiger partial charge in [-0.25, -0.2) is 4.39 Å². The van der Waals surface area contributed by atoms with Crippen LogP contribution in [-0.2, 0) is 4.79 Å². The van der Waals surface area contributed by atoms with Crippen molar-refractivity contribution in [2.75, 3.05) is 17.7 Å². The van der Waals surface area contributed by atoms with E-state index >= 15 is 0 Å². The lowest BCUT2D eigenvalue weighted by Crippen LogP contribution is -2.20. The fraction of sp³-hybridized carbons (Fsp3) is 0.0714. The van der Waals surface area contributed by atoms with Gasteiger partial charge in [-0.15, -0.1) is 0 Å². The van der Waals surface area contributed by atoms with Gasteiger partial charge in [-0.05, 0) is 46.3 Å². The second kappa shape index (κ2) is 6.38. The maximum Gasteiger partial charge on any atom is 0.262 e. The van der Waals surface area contributed by atoms with Gasteiger partial charge in [-0.3, -0.25) is 4.79 Å². The summed E-state index contributed by atoms with van der Waals surface area (Å²) in [5, 5.41) is 2.60. The number of anilines is 2. The largest absolute Gasteiger partial charge is 0.482 e. The summed E-state index contributed by atoms with van der Waals surface area (Å²) in [6.07, 6.45) is 0. The normalized spacial score (nSPS) is 10.1. The number of halogens is 2. The van der Waals surface area contributed by atoms with Crippen LogP contribution in [0.4, 0.5) is 15.8 Å². The summed E-state index contributed by atoms with van der Waals surface area (Å²) in [5.41, 5.74) is 6.63. The molecule has 0 atom stereocenters. The first-order valence-electron chi connectivity index (χ1n) is 5.78. The van der Waals surface area contributed by atoms with Crippen molar-refractivity contribution in [2.45, 2.75) is 0 Å². The summed E-state index contributed by atoms with van der Waals surface area (Å²) >= 11 is 3.05. The van der Waals surface area contributed by atoms with E-state index in [1.807, 2.05) is 0 Å². The van der Waals surface area contributed by atoms with Gasteiger partial charge < -0.3 is 15.8 Å². The number of hydrogen-bond donors (Lipinski definition) is 2. The second-order valence-electron chi connectivity index (χ2n) is 4.00. The van der Waals surface area contributed by atoms with Crippen LogP contribution in [0.15, 0.2) is 46.9 Å². The molecule has 3 N–H and O–H groups in total. The van der Waals surface area contributed by atoms with Gasteiger partial charge in [0.1, 0.15) is 11.6 Å². The molecular formula is C14H12BrFN2O2. The molecule has 0 aliphatic carbocycles. The highest BCUT2D eigenvalue weighted by Crippen LogP contribution is 2.21. The van der Waals surface area contributed by atoms with E-state index in [2.05, 4.69) is 21.2 Å². The number of amides is 1. The van der Waals surface area contributed by atoms with Crippen molar-refractivity contribution < 1.29 is 13.9 Å². The van der Waals surface area contributed by atoms with Crippen molar-refractivity contribution in [1.82, 2.24) is 0 Å². The van der Waals surface area contributed by atoms with E-state index in [9.17, 15) is 9.18 Å². The van der Waals surface area contributed by atoms with Gasteiger partial charge in [0.25, 0.3) is 5.91 Å². The number of carbonyl (C=O) groups is 1. The Morgan fingerprint density at radius 3 is 2.75 bits per heavy atom. The number of rotatable bonds is 4. The van der Waals surface area contributed by atoms with E-state index in [4.69, 9.17) is 10.5 Å². The lowest BCUT2D eigenvalue weighted by atomic mass is 10.3. The van der Waals surface area contributed by atoms with Gasteiger partial charge in [-0.2, -0.15) is 0 Å². The number of ether oxygens (including phenoxy) is 1. The Balaban J connectivity index is 1.93. The van der Waals surface area contributed by atoms with Gasteiger partial charge in [0.2, 0.25) is 0 Å². The molecule has 2 rings (SSSR count). The minimum atomic E-state index is -0.392. The molecule has 2 aromatic rings. The van der Waals surface area contributed by atoms with Crippen LogP contribution in [0.1, 0.15) is 0 Å². The van der Waals surface area contributed by atoms with Crippen molar-refractivity contribution in [3.05, 3.63) is 52.8 Å². The van der Waals surface area contributed by atoms with Crippen LogP contribution < -0.4 is 15.8 Å². The number of hydrogen-bond acceptors (Lipinski definition) is 3. The highest BCUT2D eigenvalue weighted by Gasteiger charge is 2.07. The average molecular weight is 339 g/mol. The molecule has 0 radical (unpaired) electrons. The number of carbonyl (C=O) groups excluding carboxylic acids is 1. The maximum absolute atomic E-state index is 13.1. The second-order valence-corrected chi connectivity index (χ2v) is 4.86. The summed E-state index contributed by atoms with van der Waals surface area (Å²) in [5.74, 6) is -0.300. The van der Waals surface area contributed by atoms with Crippen molar-refractivity contribution in [3.8, 4) is 5.75 Å². The number of nitrogen functional groups attached to an aromatic ring is 1. The standard InChI is InChI=1S/C14H12BrFN2O2/c15-10-7-9(5-6-11(10)16)18-14(19)8-20-13-4-2-1-3-12(13)17/h1-7H,8,17H2,(H,18,19). The van der Waals surface area contributed by atoms with Crippen molar-refractivity contribution >= 4 is 33.2 Å². The van der Waals surface area contributed by atoms with Crippen LogP contribution in [0, 0.1) is 5.82 Å². The zero-order valence-corrected chi connectivity index (χ0v) is 12.0. The van der Waals surface area contributed by atoms with E-state index in [1.165, 1.54) is 18.2 Å². The monoisotopic (exact) mass is 338 g/mol. The molecule has 1 amide bonds. The SMILES string of the molecule is Nc1ccccc1OCC(=O)Nc1ccc(F)c(Br)c1. The molecule has 0 aliphatic rings. The summed E-state index contributed by atoms with van der Waals surface area (Å²) in [4.78, 5) is 11.7. The van der Waals surface area contributed by atoms with Crippen LogP contribution in [0.2, 0.25) is 0 Å². The molecule has 4 nitrogen and oxygen atoms in total. The molecule has 0 aromatic heterocycles. The lowest BCUT2D eigenvalue weighted by molar-refractivity contribution is -0.118. The Morgan fingerprint density at radius 2 is 2.05 bits per heavy atom. The molecule has 0 spiro atoms. The molecule has 2 aromatic carbocycles. The first kappa shape index (κ1) is 14.3. The quantitative estimate of drug-likeness (QED) is 0.841. The first-order valence-corrected chi connectivity index (χ1v) is 6.58. The third-order valence-electron chi connectivity index (χ3n) is 2.48. The van der Waals surface area contributed by atoms with Gasteiger partial charge >= 0.3 is 0 Å². The van der Waals surface area contributed by atoms with Crippen LogP contribution in [0.25, 0.3) is 0 Å². The summed E-state index contributed by atoms with van der Waals surface area (Å²) in [6.45, 7) is -0.177. The van der Waals surface area contributed by atoms with Gasteiger partial charge in [0.15, 0.2) is 6.61 Å². The van der Waals surface area contributed by atoms with Crippen molar-refractivity contribution in [3.63, 3.8) is 0 Å². The zero-order chi connectivity index (χ0) is 14.5. The third-order valence-corrected chi connectivity index (χ3v) is 3.09. The fourth-order valence-corrected chi connectivity index (χ4v) is 1.91. The summed E-state index contributed by atoms with van der Waals surface area (Å²) < 4.78 is 18.6. The lowest BCUT2D eigenvalue weighted by Gasteiger charge is -2.09. The smallest absolute Gasteiger partial charge is 0.262 e. The highest BCUT2D eigenvalue weighted by atomic mass is 79.9. The molecule has 0 saturated carbocycles. The molecule has 0 aliphatic heterocycles. The Morgan fingerprint density at radius 1 is 1.30 bits per heavy atom. The van der Waals surface area contributed by atoms with Gasteiger partial charge in [0.05, 0.1) is 10.2 Å². The molecule has 0 bridgehead atoms. The number of para-hydroxylation sites is 2. The van der Waals surface area contributed by atoms with Crippen LogP contribution in [0.5, 0.6) is 5.75 Å². The van der Waals surface area contributed by atoms with E-state index in [0.717, 1.165) is 0 Å². The molecular weight excluding hydrogens is 327 g/mol. The van der Waals surface area contributed by atoms with Gasteiger partial charge in [0, 0.05) is 5.69 Å². The van der Waals surface area contributed by atoms with Crippen molar-refractivity contribution in [2.24, 2.45) is 0 Å². The predicted octanol–water partition coefficient (Wildman–Crippen LogP) is 3.19. The molecule has 104 valence electrons. The molecule has 0 saturated heterocycles. The maximum atomic E-state index is 13.1. The number of nitrogens with one attached hydrogen (secondary N) is 1. The Hall–Kier alpha value is -2.08. The topological polar surface area (TPSA) is 64.3 Å². The van der Waals surface area contributed by atoms with Crippen LogP contribution in [-0.4, -0.2) is 12.5 Å². The number of nitrogens with two attached hydrogens (primary N) is 1. The van der Waals surface area contributed by atoms with Gasteiger partial charge in [-0.1, -0.05) is 12.1 Å². The first-order chi connectivity index (χ1) is 9.56. The summed E-state index contributed by atoms with van der Waals surface area (Å²) in [6, 6.07) is 11.1. The Bertz CT molecular complexity index is 634. The van der Waals surface area contributed by atoms with E-state index in [1.54, 1.807) is 24.3 Å². The van der Waals surface area contributed by atoms with Crippen LogP contribution >= 0.6 is 15.9 Å².